The van der Waals surface area contributed by atoms with Gasteiger partial charge >= 0.3 is 6.03 Å². The third kappa shape index (κ3) is 3.82. The van der Waals surface area contributed by atoms with Crippen LogP contribution in [0.2, 0.25) is 0 Å². The van der Waals surface area contributed by atoms with E-state index in [1.165, 1.54) is 24.3 Å². The highest BCUT2D eigenvalue weighted by Crippen LogP contribution is 2.25. The molecule has 0 saturated carbocycles. The van der Waals surface area contributed by atoms with Gasteiger partial charge in [-0.1, -0.05) is 18.2 Å². The van der Waals surface area contributed by atoms with Crippen molar-refractivity contribution >= 4 is 34.8 Å². The van der Waals surface area contributed by atoms with Gasteiger partial charge in [-0.3, -0.25) is 5.10 Å². The van der Waals surface area contributed by atoms with Gasteiger partial charge < -0.3 is 10.6 Å². The second kappa shape index (κ2) is 7.12. The van der Waals surface area contributed by atoms with Gasteiger partial charge in [0.25, 0.3) is 0 Å². The third-order valence-corrected chi connectivity index (χ3v) is 3.57. The summed E-state index contributed by atoms with van der Waals surface area (Å²) >= 11 is 0. The van der Waals surface area contributed by atoms with E-state index in [2.05, 4.69) is 20.8 Å². The second-order valence-corrected chi connectivity index (χ2v) is 5.36. The molecule has 0 aliphatic heterocycles. The third-order valence-electron chi connectivity index (χ3n) is 3.57. The number of aromatic nitrogens is 2. The number of nitrogens with zero attached hydrogens (tertiary/aromatic N) is 1. The van der Waals surface area contributed by atoms with Crippen molar-refractivity contribution in [1.29, 1.82) is 0 Å². The first kappa shape index (κ1) is 16.6. The van der Waals surface area contributed by atoms with E-state index < -0.39 is 11.8 Å². The predicted molar refractivity (Wildman–Crippen MR) is 94.1 cm³/mol. The summed E-state index contributed by atoms with van der Waals surface area (Å²) in [4.78, 5) is 11.6. The number of urea groups is 1. The van der Waals surface area contributed by atoms with Crippen LogP contribution in [0.4, 0.5) is 19.3 Å². The number of carbonyl (C=O) groups excluding carboxylic acids is 1. The van der Waals surface area contributed by atoms with Crippen LogP contribution in [0, 0.1) is 11.6 Å². The Morgan fingerprint density at radius 1 is 1.20 bits per heavy atom. The number of aromatic amines is 1. The molecule has 128 valence electrons. The van der Waals surface area contributed by atoms with Crippen LogP contribution in [0.1, 0.15) is 18.2 Å². The minimum absolute atomic E-state index is 0.0660. The summed E-state index contributed by atoms with van der Waals surface area (Å²) in [6.45, 7) is 2.21. The maximum Gasteiger partial charge on any atom is 0.319 e. The van der Waals surface area contributed by atoms with Crippen LogP contribution in [-0.2, 0) is 0 Å². The number of hydrogen-bond donors (Lipinski definition) is 3. The lowest BCUT2D eigenvalue weighted by atomic mass is 10.1. The molecule has 3 rings (SSSR count). The molecule has 3 aromatic rings. The van der Waals surface area contributed by atoms with E-state index in [1.807, 2.05) is 0 Å². The first-order valence-electron chi connectivity index (χ1n) is 7.73. The average Bonchev–Trinajstić information content (AvgIpc) is 2.97. The van der Waals surface area contributed by atoms with E-state index in [-0.39, 0.29) is 11.5 Å². The lowest BCUT2D eigenvalue weighted by Gasteiger charge is -2.07. The highest BCUT2D eigenvalue weighted by molar-refractivity contribution is 5.96. The Balaban J connectivity index is 1.91. The van der Waals surface area contributed by atoms with Crippen LogP contribution in [-0.4, -0.2) is 22.8 Å². The Hall–Kier alpha value is -3.22. The average molecular weight is 342 g/mol. The Bertz CT molecular complexity index is 932. The van der Waals surface area contributed by atoms with Crippen molar-refractivity contribution in [3.05, 3.63) is 59.3 Å². The Morgan fingerprint density at radius 3 is 2.68 bits per heavy atom. The zero-order valence-corrected chi connectivity index (χ0v) is 13.4. The van der Waals surface area contributed by atoms with Crippen molar-refractivity contribution in [1.82, 2.24) is 15.5 Å². The first-order chi connectivity index (χ1) is 12.1. The van der Waals surface area contributed by atoms with Crippen LogP contribution in [0.3, 0.4) is 0 Å². The summed E-state index contributed by atoms with van der Waals surface area (Å²) in [6, 6.07) is 8.34. The maximum absolute atomic E-state index is 14.1. The van der Waals surface area contributed by atoms with Crippen LogP contribution in [0.25, 0.3) is 23.1 Å². The number of anilines is 1. The fourth-order valence-corrected chi connectivity index (χ4v) is 2.36. The van der Waals surface area contributed by atoms with Gasteiger partial charge in [0.1, 0.15) is 11.6 Å². The van der Waals surface area contributed by atoms with Crippen LogP contribution >= 0.6 is 0 Å². The molecule has 2 amide bonds. The fraction of sp³-hybridized carbons (Fsp3) is 0.111. The van der Waals surface area contributed by atoms with Gasteiger partial charge in [0.15, 0.2) is 0 Å². The van der Waals surface area contributed by atoms with Gasteiger partial charge in [0.05, 0.1) is 16.9 Å². The summed E-state index contributed by atoms with van der Waals surface area (Å²) in [5, 5.41) is 12.6. The van der Waals surface area contributed by atoms with Crippen molar-refractivity contribution < 1.29 is 13.6 Å². The SMILES string of the molecule is CCNC(=O)Nc1cc2c(C=Cc3ccc(F)cc3)n[nH]c2cc1F. The molecule has 1 aromatic heterocycles. The van der Waals surface area contributed by atoms with Crippen molar-refractivity contribution in [2.45, 2.75) is 6.92 Å². The van der Waals surface area contributed by atoms with Gasteiger partial charge in [-0.05, 0) is 36.8 Å². The Labute approximate surface area is 142 Å². The van der Waals surface area contributed by atoms with Crippen molar-refractivity contribution in [2.75, 3.05) is 11.9 Å². The molecule has 1 heterocycles. The predicted octanol–water partition coefficient (Wildman–Crippen LogP) is 4.15. The molecular formula is C18H16F2N4O. The lowest BCUT2D eigenvalue weighted by Crippen LogP contribution is -2.28. The maximum atomic E-state index is 14.1. The summed E-state index contributed by atoms with van der Waals surface area (Å²) in [7, 11) is 0. The van der Waals surface area contributed by atoms with Crippen LogP contribution in [0.15, 0.2) is 36.4 Å². The van der Waals surface area contributed by atoms with E-state index in [0.29, 0.717) is 23.1 Å². The van der Waals surface area contributed by atoms with Gasteiger partial charge in [0.2, 0.25) is 0 Å². The number of amides is 2. The molecule has 2 aromatic carbocycles. The number of carbonyl (C=O) groups is 1. The van der Waals surface area contributed by atoms with Crippen LogP contribution < -0.4 is 10.6 Å². The molecule has 25 heavy (non-hydrogen) atoms. The molecule has 3 N–H and O–H groups in total. The van der Waals surface area contributed by atoms with Crippen molar-refractivity contribution in [3.63, 3.8) is 0 Å². The van der Waals surface area contributed by atoms with Gasteiger partial charge in [-0.15, -0.1) is 0 Å². The minimum atomic E-state index is -0.559. The summed E-state index contributed by atoms with van der Waals surface area (Å²) < 4.78 is 27.0. The molecule has 0 radical (unpaired) electrons. The number of fused-ring (bicyclic) bond motifs is 1. The number of H-pyrrole nitrogens is 1. The highest BCUT2D eigenvalue weighted by atomic mass is 19.1. The van der Waals surface area contributed by atoms with E-state index in [9.17, 15) is 13.6 Å². The van der Waals surface area contributed by atoms with E-state index in [0.717, 1.165) is 5.56 Å². The van der Waals surface area contributed by atoms with E-state index in [1.54, 1.807) is 31.2 Å². The lowest BCUT2D eigenvalue weighted by molar-refractivity contribution is 0.252. The summed E-state index contributed by atoms with van der Waals surface area (Å²) in [5.74, 6) is -0.865. The smallest absolute Gasteiger partial charge is 0.319 e. The monoisotopic (exact) mass is 342 g/mol. The molecule has 0 atom stereocenters. The Morgan fingerprint density at radius 2 is 1.96 bits per heavy atom. The molecule has 0 bridgehead atoms. The van der Waals surface area contributed by atoms with E-state index in [4.69, 9.17) is 0 Å². The fourth-order valence-electron chi connectivity index (χ4n) is 2.36. The molecule has 0 unspecified atom stereocenters. The minimum Gasteiger partial charge on any atom is -0.338 e. The number of halogens is 2. The number of rotatable bonds is 4. The molecule has 0 spiro atoms. The number of hydrogen-bond acceptors (Lipinski definition) is 2. The van der Waals surface area contributed by atoms with Gasteiger partial charge in [-0.2, -0.15) is 5.10 Å². The second-order valence-electron chi connectivity index (χ2n) is 5.36. The standard InChI is InChI=1S/C18H16F2N4O/c1-2-21-18(25)22-17-9-13-15(23-24-16(13)10-14(17)20)8-5-11-3-6-12(19)7-4-11/h3-10H,2H2,1H3,(H,23,24)(H2,21,22,25). The zero-order chi connectivity index (χ0) is 17.8. The summed E-state index contributed by atoms with van der Waals surface area (Å²) in [6.07, 6.45) is 3.51. The molecule has 0 aliphatic rings. The quantitative estimate of drug-likeness (QED) is 0.666. The van der Waals surface area contributed by atoms with Gasteiger partial charge in [-0.25, -0.2) is 13.6 Å². The Kier molecular flexibility index (Phi) is 4.74. The highest BCUT2D eigenvalue weighted by Gasteiger charge is 2.11. The normalized spacial score (nSPS) is 11.2. The van der Waals surface area contributed by atoms with E-state index >= 15 is 0 Å². The molecule has 7 heteroatoms. The summed E-state index contributed by atoms with van der Waals surface area (Å²) in [5.41, 5.74) is 1.97. The molecular weight excluding hydrogens is 326 g/mol. The topological polar surface area (TPSA) is 69.8 Å². The van der Waals surface area contributed by atoms with Crippen molar-refractivity contribution in [2.24, 2.45) is 0 Å². The van der Waals surface area contributed by atoms with Gasteiger partial charge in [0, 0.05) is 18.0 Å². The molecule has 0 fully saturated rings. The molecule has 5 nitrogen and oxygen atoms in total. The molecule has 0 aliphatic carbocycles. The number of nitrogens with one attached hydrogen (secondary N) is 3. The largest absolute Gasteiger partial charge is 0.338 e. The van der Waals surface area contributed by atoms with Crippen LogP contribution in [0.5, 0.6) is 0 Å². The molecule has 0 saturated heterocycles. The van der Waals surface area contributed by atoms with Crippen molar-refractivity contribution in [3.8, 4) is 0 Å². The first-order valence-corrected chi connectivity index (χ1v) is 7.73. The zero-order valence-electron chi connectivity index (χ0n) is 13.4. The number of benzene rings is 2.